The minimum Gasteiger partial charge on any atom is -0.307 e. The Morgan fingerprint density at radius 3 is 2.75 bits per heavy atom. The number of hydrogen-bond acceptors (Lipinski definition) is 2. The van der Waals surface area contributed by atoms with Crippen molar-refractivity contribution in [3.05, 3.63) is 35.1 Å². The van der Waals surface area contributed by atoms with E-state index in [2.05, 4.69) is 12.2 Å². The Balaban J connectivity index is 2.63. The van der Waals surface area contributed by atoms with E-state index in [0.717, 1.165) is 6.42 Å². The standard InChI is InChI=1S/C13H18FNO/c1-4-10(3)15-8-13(16)11-5-6-12(14)9(2)7-11/h5-7,10,15H,4,8H2,1-3H3. The molecule has 1 unspecified atom stereocenters. The number of nitrogens with one attached hydrogen (secondary N) is 1. The van der Waals surface area contributed by atoms with Crippen LogP contribution in [-0.2, 0) is 0 Å². The number of halogens is 1. The van der Waals surface area contributed by atoms with Crippen molar-refractivity contribution in [3.63, 3.8) is 0 Å². The molecule has 0 saturated carbocycles. The minimum atomic E-state index is -0.272. The molecule has 1 atom stereocenters. The fraction of sp³-hybridized carbons (Fsp3) is 0.462. The molecule has 0 fully saturated rings. The Hall–Kier alpha value is -1.22. The summed E-state index contributed by atoms with van der Waals surface area (Å²) in [5.41, 5.74) is 1.07. The molecular weight excluding hydrogens is 205 g/mol. The predicted octanol–water partition coefficient (Wildman–Crippen LogP) is 2.70. The Morgan fingerprint density at radius 2 is 2.19 bits per heavy atom. The molecular formula is C13H18FNO. The van der Waals surface area contributed by atoms with Crippen LogP contribution in [0.2, 0.25) is 0 Å². The summed E-state index contributed by atoms with van der Waals surface area (Å²) in [6.45, 7) is 6.06. The van der Waals surface area contributed by atoms with Gasteiger partial charge in [-0.2, -0.15) is 0 Å². The Kier molecular flexibility index (Phi) is 4.62. The average molecular weight is 223 g/mol. The summed E-state index contributed by atoms with van der Waals surface area (Å²) >= 11 is 0. The van der Waals surface area contributed by atoms with Crippen molar-refractivity contribution in [1.82, 2.24) is 5.32 Å². The molecule has 1 aromatic carbocycles. The summed E-state index contributed by atoms with van der Waals surface area (Å²) in [6.07, 6.45) is 0.982. The summed E-state index contributed by atoms with van der Waals surface area (Å²) in [5, 5.41) is 3.12. The van der Waals surface area contributed by atoms with Crippen LogP contribution in [0.1, 0.15) is 36.2 Å². The number of ketones is 1. The molecule has 0 spiro atoms. The van der Waals surface area contributed by atoms with Crippen molar-refractivity contribution in [2.45, 2.75) is 33.2 Å². The maximum atomic E-state index is 13.0. The largest absolute Gasteiger partial charge is 0.307 e. The molecule has 1 aromatic rings. The first-order valence-corrected chi connectivity index (χ1v) is 5.57. The van der Waals surface area contributed by atoms with Gasteiger partial charge in [0.05, 0.1) is 6.54 Å². The summed E-state index contributed by atoms with van der Waals surface area (Å²) in [7, 11) is 0. The average Bonchev–Trinajstić information content (AvgIpc) is 2.29. The second-order valence-corrected chi connectivity index (χ2v) is 4.08. The van der Waals surface area contributed by atoms with Gasteiger partial charge in [-0.15, -0.1) is 0 Å². The SMILES string of the molecule is CCC(C)NCC(=O)c1ccc(F)c(C)c1. The quantitative estimate of drug-likeness (QED) is 0.778. The van der Waals surface area contributed by atoms with Crippen LogP contribution < -0.4 is 5.32 Å². The summed E-state index contributed by atoms with van der Waals surface area (Å²) in [6, 6.07) is 4.79. The molecule has 0 bridgehead atoms. The first-order chi connectivity index (χ1) is 7.54. The number of rotatable bonds is 5. The van der Waals surface area contributed by atoms with E-state index in [1.807, 2.05) is 6.92 Å². The highest BCUT2D eigenvalue weighted by Gasteiger charge is 2.08. The zero-order valence-electron chi connectivity index (χ0n) is 10.0. The molecule has 1 rings (SSSR count). The molecule has 16 heavy (non-hydrogen) atoms. The molecule has 2 nitrogen and oxygen atoms in total. The van der Waals surface area contributed by atoms with Crippen LogP contribution in [0.15, 0.2) is 18.2 Å². The Bertz CT molecular complexity index is 376. The number of aryl methyl sites for hydroxylation is 1. The van der Waals surface area contributed by atoms with E-state index >= 15 is 0 Å². The van der Waals surface area contributed by atoms with Gasteiger partial charge in [-0.05, 0) is 44.0 Å². The third-order valence-electron chi connectivity index (χ3n) is 2.70. The maximum absolute atomic E-state index is 13.0. The zero-order chi connectivity index (χ0) is 12.1. The van der Waals surface area contributed by atoms with Gasteiger partial charge in [0.15, 0.2) is 5.78 Å². The molecule has 0 aliphatic carbocycles. The monoisotopic (exact) mass is 223 g/mol. The van der Waals surface area contributed by atoms with Gasteiger partial charge in [0.2, 0.25) is 0 Å². The number of carbonyl (C=O) groups excluding carboxylic acids is 1. The van der Waals surface area contributed by atoms with Crippen molar-refractivity contribution in [3.8, 4) is 0 Å². The van der Waals surface area contributed by atoms with Crippen LogP contribution in [-0.4, -0.2) is 18.4 Å². The first-order valence-electron chi connectivity index (χ1n) is 5.57. The number of benzene rings is 1. The maximum Gasteiger partial charge on any atom is 0.176 e. The Morgan fingerprint density at radius 1 is 1.50 bits per heavy atom. The molecule has 0 aliphatic heterocycles. The van der Waals surface area contributed by atoms with Crippen molar-refractivity contribution in [1.29, 1.82) is 0 Å². The van der Waals surface area contributed by atoms with Gasteiger partial charge < -0.3 is 5.32 Å². The van der Waals surface area contributed by atoms with Crippen LogP contribution in [0.5, 0.6) is 0 Å². The lowest BCUT2D eigenvalue weighted by atomic mass is 10.1. The molecule has 88 valence electrons. The molecule has 0 radical (unpaired) electrons. The van der Waals surface area contributed by atoms with Crippen LogP contribution in [0.3, 0.4) is 0 Å². The molecule has 0 saturated heterocycles. The second-order valence-electron chi connectivity index (χ2n) is 4.08. The van der Waals surface area contributed by atoms with Gasteiger partial charge in [-0.25, -0.2) is 4.39 Å². The lowest BCUT2D eigenvalue weighted by Crippen LogP contribution is -2.30. The van der Waals surface area contributed by atoms with E-state index < -0.39 is 0 Å². The summed E-state index contributed by atoms with van der Waals surface area (Å²) < 4.78 is 13.0. The van der Waals surface area contributed by atoms with Crippen LogP contribution >= 0.6 is 0 Å². The van der Waals surface area contributed by atoms with Gasteiger partial charge in [0.1, 0.15) is 5.82 Å². The number of Topliss-reactive ketones (excluding diaryl/α,β-unsaturated/α-hetero) is 1. The van der Waals surface area contributed by atoms with Crippen LogP contribution in [0.4, 0.5) is 4.39 Å². The van der Waals surface area contributed by atoms with Gasteiger partial charge in [0, 0.05) is 11.6 Å². The van der Waals surface area contributed by atoms with E-state index in [1.165, 1.54) is 12.1 Å². The fourth-order valence-electron chi connectivity index (χ4n) is 1.33. The third kappa shape index (κ3) is 3.42. The van der Waals surface area contributed by atoms with Crippen molar-refractivity contribution < 1.29 is 9.18 Å². The van der Waals surface area contributed by atoms with Gasteiger partial charge in [-0.1, -0.05) is 6.92 Å². The lowest BCUT2D eigenvalue weighted by Gasteiger charge is -2.10. The second kappa shape index (κ2) is 5.75. The normalized spacial score (nSPS) is 12.5. The highest BCUT2D eigenvalue weighted by molar-refractivity contribution is 5.97. The number of hydrogen-bond donors (Lipinski definition) is 1. The molecule has 0 aromatic heterocycles. The lowest BCUT2D eigenvalue weighted by molar-refractivity contribution is 0.0987. The topological polar surface area (TPSA) is 29.1 Å². The first kappa shape index (κ1) is 12.8. The molecule has 3 heteroatoms. The molecule has 0 heterocycles. The van der Waals surface area contributed by atoms with Crippen molar-refractivity contribution >= 4 is 5.78 Å². The van der Waals surface area contributed by atoms with E-state index in [0.29, 0.717) is 23.7 Å². The zero-order valence-corrected chi connectivity index (χ0v) is 10.0. The van der Waals surface area contributed by atoms with Gasteiger partial charge >= 0.3 is 0 Å². The highest BCUT2D eigenvalue weighted by Crippen LogP contribution is 2.09. The van der Waals surface area contributed by atoms with Gasteiger partial charge in [0.25, 0.3) is 0 Å². The highest BCUT2D eigenvalue weighted by atomic mass is 19.1. The van der Waals surface area contributed by atoms with E-state index in [4.69, 9.17) is 0 Å². The summed E-state index contributed by atoms with van der Waals surface area (Å²) in [4.78, 5) is 11.7. The molecule has 1 N–H and O–H groups in total. The van der Waals surface area contributed by atoms with Crippen LogP contribution in [0.25, 0.3) is 0 Å². The smallest absolute Gasteiger partial charge is 0.176 e. The third-order valence-corrected chi connectivity index (χ3v) is 2.70. The molecule has 0 amide bonds. The summed E-state index contributed by atoms with van der Waals surface area (Å²) in [5.74, 6) is -0.269. The fourth-order valence-corrected chi connectivity index (χ4v) is 1.33. The van der Waals surface area contributed by atoms with Crippen molar-refractivity contribution in [2.75, 3.05) is 6.54 Å². The van der Waals surface area contributed by atoms with E-state index in [9.17, 15) is 9.18 Å². The van der Waals surface area contributed by atoms with Gasteiger partial charge in [-0.3, -0.25) is 4.79 Å². The van der Waals surface area contributed by atoms with E-state index in [-0.39, 0.29) is 11.6 Å². The minimum absolute atomic E-state index is 0.00315. The Labute approximate surface area is 95.9 Å². The number of carbonyl (C=O) groups is 1. The van der Waals surface area contributed by atoms with E-state index in [1.54, 1.807) is 13.0 Å². The molecule has 0 aliphatic rings. The van der Waals surface area contributed by atoms with Crippen molar-refractivity contribution in [2.24, 2.45) is 0 Å². The predicted molar refractivity (Wildman–Crippen MR) is 63.2 cm³/mol. The van der Waals surface area contributed by atoms with Crippen LogP contribution in [0, 0.1) is 12.7 Å².